The van der Waals surface area contributed by atoms with Gasteiger partial charge in [0.2, 0.25) is 0 Å². The molecule has 228 valence electrons. The van der Waals surface area contributed by atoms with Gasteiger partial charge in [-0.15, -0.1) is 0 Å². The molecule has 4 rings (SSSR count). The Morgan fingerprint density at radius 3 is 2.53 bits per heavy atom. The van der Waals surface area contributed by atoms with E-state index in [0.29, 0.717) is 41.7 Å². The van der Waals surface area contributed by atoms with Gasteiger partial charge in [0, 0.05) is 29.2 Å². The number of aliphatic hydroxyl groups excluding tert-OH is 1. The lowest BCUT2D eigenvalue weighted by Crippen LogP contribution is -2.36. The highest BCUT2D eigenvalue weighted by Crippen LogP contribution is 2.41. The van der Waals surface area contributed by atoms with Gasteiger partial charge < -0.3 is 34.7 Å². The quantitative estimate of drug-likeness (QED) is 0.180. The van der Waals surface area contributed by atoms with Crippen LogP contribution in [0.1, 0.15) is 25.3 Å². The van der Waals surface area contributed by atoms with Crippen molar-refractivity contribution in [3.05, 3.63) is 99.9 Å². The lowest BCUT2D eigenvalue weighted by Gasteiger charge is -2.31. The predicted octanol–water partition coefficient (Wildman–Crippen LogP) is 4.49. The van der Waals surface area contributed by atoms with Crippen LogP contribution in [-0.2, 0) is 23.8 Å². The molecule has 2 atom stereocenters. The summed E-state index contributed by atoms with van der Waals surface area (Å²) in [5.74, 6) is -1.25. The molecule has 0 aromatic heterocycles. The number of fused-ring (bicyclic) bond motifs is 1. The van der Waals surface area contributed by atoms with E-state index in [-0.39, 0.29) is 31.0 Å². The average molecular weight is 609 g/mol. The van der Waals surface area contributed by atoms with Crippen molar-refractivity contribution in [1.29, 1.82) is 0 Å². The van der Waals surface area contributed by atoms with Crippen LogP contribution in [0.25, 0.3) is 10.8 Å². The van der Waals surface area contributed by atoms with E-state index in [1.54, 1.807) is 38.1 Å². The Hall–Kier alpha value is -3.89. The molecule has 0 fully saturated rings. The standard InChI is InChI=1S/C33H37ClN2O7/c1-4-42-33(39)31-27(36-21(2)29(32(38)40-3)30(31)25-13-7-8-14-26(25)34)20-41-17-16-35-18-23(37)19-43-28-15-9-11-22-10-5-6-12-24(22)28/h5-15,23,30,35-37H,4,16-20H2,1-3H3. The Morgan fingerprint density at radius 2 is 1.77 bits per heavy atom. The molecule has 0 saturated heterocycles. The van der Waals surface area contributed by atoms with Crippen LogP contribution in [0, 0.1) is 0 Å². The minimum atomic E-state index is -0.810. The molecule has 10 heteroatoms. The van der Waals surface area contributed by atoms with Gasteiger partial charge in [0.05, 0.1) is 49.7 Å². The topological polar surface area (TPSA) is 115 Å². The lowest BCUT2D eigenvalue weighted by molar-refractivity contribution is -0.139. The van der Waals surface area contributed by atoms with E-state index in [1.807, 2.05) is 42.5 Å². The zero-order valence-corrected chi connectivity index (χ0v) is 25.3. The first-order valence-corrected chi connectivity index (χ1v) is 14.5. The van der Waals surface area contributed by atoms with Crippen molar-refractivity contribution < 1.29 is 33.6 Å². The molecule has 0 amide bonds. The fourth-order valence-electron chi connectivity index (χ4n) is 5.01. The summed E-state index contributed by atoms with van der Waals surface area (Å²) in [6.45, 7) is 4.84. The minimum absolute atomic E-state index is 0.0509. The molecule has 0 saturated carbocycles. The molecule has 3 N–H and O–H groups in total. The third kappa shape index (κ3) is 7.94. The molecular formula is C33H37ClN2O7. The van der Waals surface area contributed by atoms with Crippen molar-refractivity contribution in [3.8, 4) is 5.75 Å². The van der Waals surface area contributed by atoms with E-state index >= 15 is 0 Å². The van der Waals surface area contributed by atoms with Gasteiger partial charge in [-0.05, 0) is 36.9 Å². The normalized spacial score (nSPS) is 15.7. The third-order valence-electron chi connectivity index (χ3n) is 6.99. The van der Waals surface area contributed by atoms with Crippen molar-refractivity contribution in [3.63, 3.8) is 0 Å². The van der Waals surface area contributed by atoms with E-state index in [2.05, 4.69) is 10.6 Å². The summed E-state index contributed by atoms with van der Waals surface area (Å²) < 4.78 is 22.2. The first-order chi connectivity index (χ1) is 20.8. The van der Waals surface area contributed by atoms with Gasteiger partial charge in [-0.2, -0.15) is 0 Å². The van der Waals surface area contributed by atoms with Crippen molar-refractivity contribution in [2.45, 2.75) is 25.9 Å². The van der Waals surface area contributed by atoms with Gasteiger partial charge in [-0.3, -0.25) is 0 Å². The molecule has 0 bridgehead atoms. The van der Waals surface area contributed by atoms with Crippen molar-refractivity contribution in [2.24, 2.45) is 0 Å². The first-order valence-electron chi connectivity index (χ1n) is 14.1. The molecule has 2 unspecified atom stereocenters. The van der Waals surface area contributed by atoms with Crippen molar-refractivity contribution >= 4 is 34.3 Å². The smallest absolute Gasteiger partial charge is 0.336 e. The van der Waals surface area contributed by atoms with E-state index in [9.17, 15) is 14.7 Å². The van der Waals surface area contributed by atoms with Crippen molar-refractivity contribution in [2.75, 3.05) is 46.6 Å². The SMILES string of the molecule is CCOC(=O)C1=C(COCCNCC(O)COc2cccc3ccccc23)NC(C)=C(C(=O)OC)C1c1ccccc1Cl. The summed E-state index contributed by atoms with van der Waals surface area (Å²) in [4.78, 5) is 26.1. The predicted molar refractivity (Wildman–Crippen MR) is 165 cm³/mol. The number of hydrogen-bond acceptors (Lipinski definition) is 9. The molecule has 0 aliphatic carbocycles. The highest BCUT2D eigenvalue weighted by atomic mass is 35.5. The van der Waals surface area contributed by atoms with Crippen LogP contribution in [0.3, 0.4) is 0 Å². The molecule has 0 spiro atoms. The second kappa shape index (κ2) is 15.5. The fraction of sp³-hybridized carbons (Fsp3) is 0.333. The van der Waals surface area contributed by atoms with E-state index in [1.165, 1.54) is 7.11 Å². The second-order valence-electron chi connectivity index (χ2n) is 9.92. The van der Waals surface area contributed by atoms with Crippen LogP contribution in [0.5, 0.6) is 5.75 Å². The molecule has 0 radical (unpaired) electrons. The maximum atomic E-state index is 13.3. The summed E-state index contributed by atoms with van der Waals surface area (Å²) in [7, 11) is 1.29. The number of ether oxygens (including phenoxy) is 4. The average Bonchev–Trinajstić information content (AvgIpc) is 3.01. The number of esters is 2. The Bertz CT molecular complexity index is 1500. The summed E-state index contributed by atoms with van der Waals surface area (Å²) in [5.41, 5.74) is 2.07. The van der Waals surface area contributed by atoms with Crippen LogP contribution < -0.4 is 15.4 Å². The highest BCUT2D eigenvalue weighted by Gasteiger charge is 2.39. The molecule has 1 aliphatic heterocycles. The highest BCUT2D eigenvalue weighted by molar-refractivity contribution is 6.31. The maximum Gasteiger partial charge on any atom is 0.336 e. The van der Waals surface area contributed by atoms with Crippen molar-refractivity contribution in [1.82, 2.24) is 10.6 Å². The van der Waals surface area contributed by atoms with Gasteiger partial charge in [0.25, 0.3) is 0 Å². The number of dihydropyridines is 1. The lowest BCUT2D eigenvalue weighted by atomic mass is 9.80. The maximum absolute atomic E-state index is 13.3. The van der Waals surface area contributed by atoms with Gasteiger partial charge in [0.1, 0.15) is 18.5 Å². The zero-order chi connectivity index (χ0) is 30.8. The number of carbonyl (C=O) groups excluding carboxylic acids is 2. The number of nitrogens with one attached hydrogen (secondary N) is 2. The number of carbonyl (C=O) groups is 2. The van der Waals surface area contributed by atoms with Crippen LogP contribution in [0.2, 0.25) is 5.02 Å². The Morgan fingerprint density at radius 1 is 1.02 bits per heavy atom. The fourth-order valence-corrected chi connectivity index (χ4v) is 5.26. The van der Waals surface area contributed by atoms with Crippen LogP contribution >= 0.6 is 11.6 Å². The number of methoxy groups -OCH3 is 1. The van der Waals surface area contributed by atoms with E-state index < -0.39 is 24.0 Å². The monoisotopic (exact) mass is 608 g/mol. The summed E-state index contributed by atoms with van der Waals surface area (Å²) in [6.07, 6.45) is -0.724. The Balaban J connectivity index is 1.37. The summed E-state index contributed by atoms with van der Waals surface area (Å²) in [6, 6.07) is 20.8. The Kier molecular flexibility index (Phi) is 11.6. The van der Waals surface area contributed by atoms with Gasteiger partial charge >= 0.3 is 11.9 Å². The number of hydrogen-bond donors (Lipinski definition) is 3. The molecule has 1 heterocycles. The minimum Gasteiger partial charge on any atom is -0.490 e. The van der Waals surface area contributed by atoms with Gasteiger partial charge in [0.15, 0.2) is 0 Å². The van der Waals surface area contributed by atoms with Gasteiger partial charge in [-0.25, -0.2) is 9.59 Å². The zero-order valence-electron chi connectivity index (χ0n) is 24.5. The number of benzene rings is 3. The van der Waals surface area contributed by atoms with Crippen LogP contribution in [0.15, 0.2) is 89.3 Å². The number of halogens is 1. The van der Waals surface area contributed by atoms with Gasteiger partial charge in [-0.1, -0.05) is 66.2 Å². The number of allylic oxidation sites excluding steroid dienone is 1. The molecular weight excluding hydrogens is 572 g/mol. The second-order valence-corrected chi connectivity index (χ2v) is 10.3. The molecule has 3 aromatic carbocycles. The van der Waals surface area contributed by atoms with E-state index in [4.69, 9.17) is 30.5 Å². The van der Waals surface area contributed by atoms with Crippen LogP contribution in [0.4, 0.5) is 0 Å². The molecule has 1 aliphatic rings. The number of aliphatic hydroxyl groups is 1. The molecule has 9 nitrogen and oxygen atoms in total. The number of rotatable bonds is 14. The third-order valence-corrected chi connectivity index (χ3v) is 7.34. The van der Waals surface area contributed by atoms with Crippen LogP contribution in [-0.4, -0.2) is 69.8 Å². The molecule has 3 aromatic rings. The summed E-state index contributed by atoms with van der Waals surface area (Å²) in [5, 5.41) is 19.2. The summed E-state index contributed by atoms with van der Waals surface area (Å²) >= 11 is 6.54. The van der Waals surface area contributed by atoms with E-state index in [0.717, 1.165) is 16.5 Å². The Labute approximate surface area is 256 Å². The first kappa shape index (κ1) is 32.0. The molecule has 43 heavy (non-hydrogen) atoms. The largest absolute Gasteiger partial charge is 0.490 e.